The first-order valence-corrected chi connectivity index (χ1v) is 3.87. The summed E-state index contributed by atoms with van der Waals surface area (Å²) in [6, 6.07) is 1.76. The maximum Gasteiger partial charge on any atom is 0.204 e. The molecule has 0 saturated heterocycles. The van der Waals surface area contributed by atoms with Crippen molar-refractivity contribution >= 4 is 15.9 Å². The molecule has 0 spiro atoms. The SMILES string of the molecule is BrCC#Cc1ncccn1. The van der Waals surface area contributed by atoms with Crippen molar-refractivity contribution in [1.82, 2.24) is 9.97 Å². The lowest BCUT2D eigenvalue weighted by Gasteiger charge is -1.82. The van der Waals surface area contributed by atoms with Gasteiger partial charge in [-0.05, 0) is 12.0 Å². The van der Waals surface area contributed by atoms with Gasteiger partial charge in [-0.1, -0.05) is 21.9 Å². The molecule has 0 fully saturated rings. The van der Waals surface area contributed by atoms with Gasteiger partial charge in [-0.2, -0.15) is 0 Å². The van der Waals surface area contributed by atoms with E-state index in [2.05, 4.69) is 37.7 Å². The lowest BCUT2D eigenvalue weighted by Crippen LogP contribution is -1.84. The second-order valence-electron chi connectivity index (χ2n) is 1.51. The monoisotopic (exact) mass is 196 g/mol. The van der Waals surface area contributed by atoms with Crippen LogP contribution in [0.15, 0.2) is 18.5 Å². The Morgan fingerprint density at radius 2 is 2.10 bits per heavy atom. The summed E-state index contributed by atoms with van der Waals surface area (Å²) in [6.07, 6.45) is 3.34. The Morgan fingerprint density at radius 3 is 2.70 bits per heavy atom. The lowest BCUT2D eigenvalue weighted by molar-refractivity contribution is 1.13. The van der Waals surface area contributed by atoms with E-state index in [-0.39, 0.29) is 0 Å². The molecule has 0 aromatic carbocycles. The van der Waals surface area contributed by atoms with E-state index in [9.17, 15) is 0 Å². The molecule has 0 atom stereocenters. The Kier molecular flexibility index (Phi) is 2.91. The van der Waals surface area contributed by atoms with Crippen LogP contribution < -0.4 is 0 Å². The highest BCUT2D eigenvalue weighted by atomic mass is 79.9. The Hall–Kier alpha value is -0.880. The van der Waals surface area contributed by atoms with Crippen LogP contribution in [-0.2, 0) is 0 Å². The average Bonchev–Trinajstić information content (AvgIpc) is 2.03. The van der Waals surface area contributed by atoms with Gasteiger partial charge in [-0.25, -0.2) is 9.97 Å². The molecule has 0 radical (unpaired) electrons. The Morgan fingerprint density at radius 1 is 1.40 bits per heavy atom. The molecular weight excluding hydrogens is 192 g/mol. The number of alkyl halides is 1. The highest BCUT2D eigenvalue weighted by molar-refractivity contribution is 9.09. The topological polar surface area (TPSA) is 25.8 Å². The van der Waals surface area contributed by atoms with Crippen molar-refractivity contribution in [2.45, 2.75) is 0 Å². The molecule has 2 nitrogen and oxygen atoms in total. The van der Waals surface area contributed by atoms with Crippen LogP contribution >= 0.6 is 15.9 Å². The maximum atomic E-state index is 3.91. The van der Waals surface area contributed by atoms with Crippen LogP contribution in [0.2, 0.25) is 0 Å². The van der Waals surface area contributed by atoms with E-state index >= 15 is 0 Å². The molecule has 0 N–H and O–H groups in total. The van der Waals surface area contributed by atoms with E-state index in [1.54, 1.807) is 18.5 Å². The molecule has 1 aromatic heterocycles. The fourth-order valence-corrected chi connectivity index (χ4v) is 0.616. The molecule has 3 heteroatoms. The fraction of sp³-hybridized carbons (Fsp3) is 0.143. The van der Waals surface area contributed by atoms with Crippen LogP contribution in [0, 0.1) is 11.8 Å². The smallest absolute Gasteiger partial charge is 0.204 e. The van der Waals surface area contributed by atoms with Crippen LogP contribution in [0.3, 0.4) is 0 Å². The molecule has 1 rings (SSSR count). The summed E-state index contributed by atoms with van der Waals surface area (Å²) in [6.45, 7) is 0. The molecule has 0 saturated carbocycles. The third-order valence-electron chi connectivity index (χ3n) is 0.833. The summed E-state index contributed by atoms with van der Waals surface area (Å²) in [5.74, 6) is 6.15. The molecule has 10 heavy (non-hydrogen) atoms. The van der Waals surface area contributed by atoms with Crippen LogP contribution in [0.25, 0.3) is 0 Å². The first kappa shape index (κ1) is 7.23. The molecule has 0 aliphatic heterocycles. The van der Waals surface area contributed by atoms with Gasteiger partial charge in [0, 0.05) is 12.4 Å². The summed E-state index contributed by atoms with van der Waals surface area (Å²) in [5, 5.41) is 0.658. The largest absolute Gasteiger partial charge is 0.229 e. The molecular formula is C7H5BrN2. The predicted octanol–water partition coefficient (Wildman–Crippen LogP) is 1.22. The number of rotatable bonds is 0. The van der Waals surface area contributed by atoms with Crippen LogP contribution in [0.4, 0.5) is 0 Å². The van der Waals surface area contributed by atoms with Crippen molar-refractivity contribution in [2.75, 3.05) is 5.33 Å². The Labute approximate surface area is 67.8 Å². The molecule has 0 aliphatic rings. The quantitative estimate of drug-likeness (QED) is 0.461. The first-order valence-electron chi connectivity index (χ1n) is 2.75. The van der Waals surface area contributed by atoms with Gasteiger partial charge in [-0.15, -0.1) is 0 Å². The number of nitrogens with zero attached hydrogens (tertiary/aromatic N) is 2. The Balaban J connectivity index is 2.76. The third kappa shape index (κ3) is 2.16. The van der Waals surface area contributed by atoms with Crippen LogP contribution in [0.5, 0.6) is 0 Å². The second kappa shape index (κ2) is 4.02. The first-order chi connectivity index (χ1) is 4.93. The standard InChI is InChI=1S/C7H5BrN2/c8-4-1-3-7-9-5-2-6-10-7/h2,5-6H,4H2. The summed E-state index contributed by atoms with van der Waals surface area (Å²) in [5.41, 5.74) is 0. The number of halogens is 1. The second-order valence-corrected chi connectivity index (χ2v) is 2.07. The van der Waals surface area contributed by atoms with Gasteiger partial charge < -0.3 is 0 Å². The zero-order valence-corrected chi connectivity index (χ0v) is 6.80. The molecule has 50 valence electrons. The average molecular weight is 197 g/mol. The minimum Gasteiger partial charge on any atom is -0.229 e. The maximum absolute atomic E-state index is 3.91. The van der Waals surface area contributed by atoms with Gasteiger partial charge in [0.25, 0.3) is 0 Å². The highest BCUT2D eigenvalue weighted by Crippen LogP contribution is 1.83. The summed E-state index contributed by atoms with van der Waals surface area (Å²) < 4.78 is 0. The van der Waals surface area contributed by atoms with Crippen molar-refractivity contribution < 1.29 is 0 Å². The van der Waals surface area contributed by atoms with Gasteiger partial charge in [0.1, 0.15) is 0 Å². The van der Waals surface area contributed by atoms with Crippen LogP contribution in [0.1, 0.15) is 5.82 Å². The molecule has 0 amide bonds. The summed E-state index contributed by atoms with van der Waals surface area (Å²) in [4.78, 5) is 7.82. The Bertz CT molecular complexity index is 247. The predicted molar refractivity (Wildman–Crippen MR) is 42.7 cm³/mol. The van der Waals surface area contributed by atoms with Crippen molar-refractivity contribution in [1.29, 1.82) is 0 Å². The number of hydrogen-bond acceptors (Lipinski definition) is 2. The van der Waals surface area contributed by atoms with Crippen molar-refractivity contribution in [2.24, 2.45) is 0 Å². The van der Waals surface area contributed by atoms with E-state index in [0.717, 1.165) is 0 Å². The van der Waals surface area contributed by atoms with Crippen molar-refractivity contribution in [3.05, 3.63) is 24.3 Å². The van der Waals surface area contributed by atoms with Crippen LogP contribution in [-0.4, -0.2) is 15.3 Å². The normalized spacial score (nSPS) is 8.10. The van der Waals surface area contributed by atoms with E-state index in [1.807, 2.05) is 0 Å². The summed E-state index contributed by atoms with van der Waals surface area (Å²) >= 11 is 3.18. The number of hydrogen-bond donors (Lipinski definition) is 0. The van der Waals surface area contributed by atoms with E-state index in [1.165, 1.54) is 0 Å². The molecule has 0 aliphatic carbocycles. The molecule has 0 unspecified atom stereocenters. The highest BCUT2D eigenvalue weighted by Gasteiger charge is 1.81. The van der Waals surface area contributed by atoms with E-state index in [0.29, 0.717) is 11.2 Å². The van der Waals surface area contributed by atoms with Gasteiger partial charge in [0.15, 0.2) is 0 Å². The zero-order valence-electron chi connectivity index (χ0n) is 5.21. The van der Waals surface area contributed by atoms with E-state index in [4.69, 9.17) is 0 Å². The molecule has 1 heterocycles. The van der Waals surface area contributed by atoms with Gasteiger partial charge in [0.2, 0.25) is 5.82 Å². The van der Waals surface area contributed by atoms with Gasteiger partial charge in [-0.3, -0.25) is 0 Å². The van der Waals surface area contributed by atoms with Gasteiger partial charge >= 0.3 is 0 Å². The lowest BCUT2D eigenvalue weighted by atomic mass is 10.5. The van der Waals surface area contributed by atoms with Crippen molar-refractivity contribution in [3.63, 3.8) is 0 Å². The summed E-state index contributed by atoms with van der Waals surface area (Å²) in [7, 11) is 0. The zero-order chi connectivity index (χ0) is 7.23. The van der Waals surface area contributed by atoms with E-state index < -0.39 is 0 Å². The molecule has 1 aromatic rings. The van der Waals surface area contributed by atoms with Gasteiger partial charge in [0.05, 0.1) is 5.33 Å². The minimum atomic E-state index is 0.571. The fourth-order valence-electron chi connectivity index (χ4n) is 0.476. The number of aromatic nitrogens is 2. The molecule has 0 bridgehead atoms. The third-order valence-corrected chi connectivity index (χ3v) is 1.11. The van der Waals surface area contributed by atoms with Crippen molar-refractivity contribution in [3.8, 4) is 11.8 Å². The minimum absolute atomic E-state index is 0.571.